The summed E-state index contributed by atoms with van der Waals surface area (Å²) in [6.07, 6.45) is 3.75. The maximum Gasteiger partial charge on any atom is 0.134 e. The van der Waals surface area contributed by atoms with Crippen molar-refractivity contribution < 1.29 is 4.42 Å². The molecule has 2 aromatic rings. The summed E-state index contributed by atoms with van der Waals surface area (Å²) < 4.78 is 6.00. The molecule has 104 valence electrons. The molecule has 1 N–H and O–H groups in total. The zero-order valence-electron chi connectivity index (χ0n) is 12.5. The van der Waals surface area contributed by atoms with Crippen LogP contribution in [0, 0.1) is 6.92 Å². The van der Waals surface area contributed by atoms with E-state index < -0.39 is 0 Å². The Morgan fingerprint density at radius 2 is 1.95 bits per heavy atom. The Hall–Kier alpha value is -1.28. The lowest BCUT2D eigenvalue weighted by Gasteiger charge is -2.18. The van der Waals surface area contributed by atoms with Crippen molar-refractivity contribution in [2.75, 3.05) is 0 Å². The second-order valence-corrected chi connectivity index (χ2v) is 5.52. The van der Waals surface area contributed by atoms with Crippen molar-refractivity contribution in [3.8, 4) is 0 Å². The fourth-order valence-corrected chi connectivity index (χ4v) is 2.70. The number of benzene rings is 1. The lowest BCUT2D eigenvalue weighted by Crippen LogP contribution is -2.28. The molecule has 0 saturated carbocycles. The Balaban J connectivity index is 2.12. The van der Waals surface area contributed by atoms with E-state index in [0.29, 0.717) is 6.04 Å². The molecule has 0 aliphatic carbocycles. The molecule has 0 bridgehead atoms. The highest BCUT2D eigenvalue weighted by Crippen LogP contribution is 2.29. The van der Waals surface area contributed by atoms with E-state index >= 15 is 0 Å². The van der Waals surface area contributed by atoms with Crippen LogP contribution in [-0.2, 0) is 0 Å². The van der Waals surface area contributed by atoms with Crippen molar-refractivity contribution in [3.63, 3.8) is 0 Å². The molecule has 1 aromatic carbocycles. The van der Waals surface area contributed by atoms with Gasteiger partial charge in [-0.1, -0.05) is 38.0 Å². The predicted molar refractivity (Wildman–Crippen MR) is 81.5 cm³/mol. The quantitative estimate of drug-likeness (QED) is 0.792. The van der Waals surface area contributed by atoms with Gasteiger partial charge >= 0.3 is 0 Å². The molecule has 2 heteroatoms. The summed E-state index contributed by atoms with van der Waals surface area (Å²) in [4.78, 5) is 0. The zero-order valence-corrected chi connectivity index (χ0v) is 12.5. The van der Waals surface area contributed by atoms with Gasteiger partial charge in [-0.05, 0) is 38.8 Å². The van der Waals surface area contributed by atoms with Crippen molar-refractivity contribution in [2.45, 2.75) is 59.0 Å². The van der Waals surface area contributed by atoms with Crippen LogP contribution in [0.4, 0.5) is 0 Å². The second-order valence-electron chi connectivity index (χ2n) is 5.52. The molecule has 0 radical (unpaired) electrons. The average Bonchev–Trinajstić information content (AvgIpc) is 2.74. The van der Waals surface area contributed by atoms with Gasteiger partial charge < -0.3 is 9.73 Å². The lowest BCUT2D eigenvalue weighted by molar-refractivity contribution is 0.392. The van der Waals surface area contributed by atoms with E-state index in [4.69, 9.17) is 4.42 Å². The number of hydrogen-bond acceptors (Lipinski definition) is 2. The Morgan fingerprint density at radius 3 is 2.63 bits per heavy atom. The van der Waals surface area contributed by atoms with Crippen LogP contribution in [0.1, 0.15) is 57.4 Å². The molecule has 0 aliphatic rings. The van der Waals surface area contributed by atoms with E-state index in [1.54, 1.807) is 0 Å². The van der Waals surface area contributed by atoms with Gasteiger partial charge in [0.05, 0.1) is 6.04 Å². The first-order valence-corrected chi connectivity index (χ1v) is 7.37. The highest BCUT2D eigenvalue weighted by atomic mass is 16.3. The molecule has 2 rings (SSSR count). The Labute approximate surface area is 116 Å². The van der Waals surface area contributed by atoms with Gasteiger partial charge in [0.25, 0.3) is 0 Å². The molecule has 0 spiro atoms. The molecule has 2 nitrogen and oxygen atoms in total. The average molecular weight is 259 g/mol. The molecular formula is C17H25NO. The molecule has 2 unspecified atom stereocenters. The van der Waals surface area contributed by atoms with Crippen LogP contribution in [0.25, 0.3) is 11.0 Å². The van der Waals surface area contributed by atoms with Gasteiger partial charge in [0.1, 0.15) is 11.3 Å². The number of fused-ring (bicyclic) bond motifs is 1. The van der Waals surface area contributed by atoms with Gasteiger partial charge in [-0.25, -0.2) is 0 Å². The zero-order chi connectivity index (χ0) is 13.8. The van der Waals surface area contributed by atoms with Crippen molar-refractivity contribution in [1.29, 1.82) is 0 Å². The second kappa shape index (κ2) is 6.25. The van der Waals surface area contributed by atoms with E-state index in [0.717, 1.165) is 11.3 Å². The Bertz CT molecular complexity index is 529. The fraction of sp³-hybridized carbons (Fsp3) is 0.529. The Kier molecular flexibility index (Phi) is 4.65. The van der Waals surface area contributed by atoms with Gasteiger partial charge in [-0.15, -0.1) is 0 Å². The van der Waals surface area contributed by atoms with Gasteiger partial charge in [0, 0.05) is 11.4 Å². The first-order valence-electron chi connectivity index (χ1n) is 7.37. The maximum atomic E-state index is 6.00. The van der Waals surface area contributed by atoms with Gasteiger partial charge in [0.15, 0.2) is 0 Å². The molecule has 0 fully saturated rings. The van der Waals surface area contributed by atoms with Crippen LogP contribution in [0.2, 0.25) is 0 Å². The number of para-hydroxylation sites is 1. The van der Waals surface area contributed by atoms with Crippen molar-refractivity contribution in [2.24, 2.45) is 0 Å². The Morgan fingerprint density at radius 1 is 1.21 bits per heavy atom. The van der Waals surface area contributed by atoms with Crippen LogP contribution in [0.5, 0.6) is 0 Å². The van der Waals surface area contributed by atoms with E-state index in [1.807, 2.05) is 12.1 Å². The van der Waals surface area contributed by atoms with E-state index in [9.17, 15) is 0 Å². The monoisotopic (exact) mass is 259 g/mol. The molecule has 2 atom stereocenters. The highest BCUT2D eigenvalue weighted by molar-refractivity contribution is 5.82. The highest BCUT2D eigenvalue weighted by Gasteiger charge is 2.17. The molecule has 0 amide bonds. The molecule has 1 heterocycles. The van der Waals surface area contributed by atoms with E-state index in [1.165, 1.54) is 30.2 Å². The maximum absolute atomic E-state index is 6.00. The van der Waals surface area contributed by atoms with E-state index in [2.05, 4.69) is 45.1 Å². The van der Waals surface area contributed by atoms with E-state index in [-0.39, 0.29) is 6.04 Å². The number of aryl methyl sites for hydroxylation is 1. The van der Waals surface area contributed by atoms with Crippen LogP contribution in [0.15, 0.2) is 28.7 Å². The lowest BCUT2D eigenvalue weighted by atomic mass is 10.1. The smallest absolute Gasteiger partial charge is 0.134 e. The predicted octanol–water partition coefficient (Wildman–Crippen LogP) is 4.97. The SMILES string of the molecule is CCCCC(C)NC(C)c1oc2ccccc2c1C. The largest absolute Gasteiger partial charge is 0.459 e. The number of unbranched alkanes of at least 4 members (excludes halogenated alkanes) is 1. The van der Waals surface area contributed by atoms with Crippen LogP contribution in [0.3, 0.4) is 0 Å². The molecular weight excluding hydrogens is 234 g/mol. The molecule has 1 aromatic heterocycles. The minimum Gasteiger partial charge on any atom is -0.459 e. The van der Waals surface area contributed by atoms with Gasteiger partial charge in [0.2, 0.25) is 0 Å². The summed E-state index contributed by atoms with van der Waals surface area (Å²) in [5.74, 6) is 1.07. The number of furan rings is 1. The summed E-state index contributed by atoms with van der Waals surface area (Å²) in [5.41, 5.74) is 2.25. The minimum atomic E-state index is 0.263. The molecule has 0 aliphatic heterocycles. The van der Waals surface area contributed by atoms with Crippen molar-refractivity contribution >= 4 is 11.0 Å². The number of rotatable bonds is 6. The third-order valence-electron chi connectivity index (χ3n) is 3.80. The van der Waals surface area contributed by atoms with Crippen LogP contribution >= 0.6 is 0 Å². The summed E-state index contributed by atoms with van der Waals surface area (Å²) >= 11 is 0. The number of hydrogen-bond donors (Lipinski definition) is 1. The normalized spacial score (nSPS) is 14.7. The van der Waals surface area contributed by atoms with Crippen LogP contribution in [-0.4, -0.2) is 6.04 Å². The summed E-state index contributed by atoms with van der Waals surface area (Å²) in [6.45, 7) is 8.83. The molecule has 0 saturated heterocycles. The first kappa shape index (κ1) is 14.1. The molecule has 19 heavy (non-hydrogen) atoms. The van der Waals surface area contributed by atoms with Gasteiger partial charge in [-0.2, -0.15) is 0 Å². The standard InChI is InChI=1S/C17H25NO/c1-5-6-9-12(2)18-14(4)17-13(3)15-10-7-8-11-16(15)19-17/h7-8,10-12,14,18H,5-6,9H2,1-4H3. The minimum absolute atomic E-state index is 0.263. The number of nitrogens with one attached hydrogen (secondary N) is 1. The summed E-state index contributed by atoms with van der Waals surface area (Å²) in [7, 11) is 0. The topological polar surface area (TPSA) is 25.2 Å². The van der Waals surface area contributed by atoms with Crippen LogP contribution < -0.4 is 5.32 Å². The third kappa shape index (κ3) is 3.19. The first-order chi connectivity index (χ1) is 9.13. The van der Waals surface area contributed by atoms with Crippen molar-refractivity contribution in [3.05, 3.63) is 35.6 Å². The summed E-state index contributed by atoms with van der Waals surface area (Å²) in [5, 5.41) is 4.87. The summed E-state index contributed by atoms with van der Waals surface area (Å²) in [6, 6.07) is 9.05. The third-order valence-corrected chi connectivity index (χ3v) is 3.80. The van der Waals surface area contributed by atoms with Crippen molar-refractivity contribution in [1.82, 2.24) is 5.32 Å². The fourth-order valence-electron chi connectivity index (χ4n) is 2.70. The van der Waals surface area contributed by atoms with Gasteiger partial charge in [-0.3, -0.25) is 0 Å².